The Bertz CT molecular complexity index is 278. The van der Waals surface area contributed by atoms with Crippen LogP contribution in [0.2, 0.25) is 0 Å². The highest BCUT2D eigenvalue weighted by Crippen LogP contribution is 2.04. The predicted octanol–water partition coefficient (Wildman–Crippen LogP) is 1.68. The average molecular weight is 150 g/mol. The molecule has 11 heavy (non-hydrogen) atoms. The quantitative estimate of drug-likeness (QED) is 0.601. The normalized spacial score (nSPS) is 9.09. The number of aromatic nitrogens is 1. The smallest absolute Gasteiger partial charge is 0.216 e. The van der Waals surface area contributed by atoms with E-state index in [1.54, 1.807) is 12.1 Å². The highest BCUT2D eigenvalue weighted by Gasteiger charge is 1.99. The Labute approximate surface area is 64.3 Å². The third kappa shape index (κ3) is 2.01. The molecule has 0 fully saturated rings. The van der Waals surface area contributed by atoms with Crippen LogP contribution in [0.15, 0.2) is 18.3 Å². The van der Waals surface area contributed by atoms with E-state index in [0.29, 0.717) is 18.4 Å². The second-order valence-corrected chi connectivity index (χ2v) is 2.11. The third-order valence-electron chi connectivity index (χ3n) is 1.34. The van der Waals surface area contributed by atoms with Gasteiger partial charge in [0.1, 0.15) is 0 Å². The van der Waals surface area contributed by atoms with E-state index < -0.39 is 5.95 Å². The third-order valence-corrected chi connectivity index (χ3v) is 1.34. The first-order chi connectivity index (χ1) is 5.34. The van der Waals surface area contributed by atoms with E-state index in [4.69, 9.17) is 5.26 Å². The molecule has 0 atom stereocenters. The molecule has 0 spiro atoms. The number of aryl methyl sites for hydroxylation is 1. The number of rotatable bonds is 2. The van der Waals surface area contributed by atoms with E-state index in [1.807, 2.05) is 6.07 Å². The first-order valence-corrected chi connectivity index (χ1v) is 3.31. The van der Waals surface area contributed by atoms with E-state index in [9.17, 15) is 4.39 Å². The Morgan fingerprint density at radius 1 is 1.64 bits per heavy atom. The number of hydrogen-bond donors (Lipinski definition) is 0. The van der Waals surface area contributed by atoms with Gasteiger partial charge in [0.2, 0.25) is 5.95 Å². The van der Waals surface area contributed by atoms with E-state index in [1.165, 1.54) is 6.20 Å². The van der Waals surface area contributed by atoms with Gasteiger partial charge >= 0.3 is 0 Å². The van der Waals surface area contributed by atoms with Gasteiger partial charge in [-0.25, -0.2) is 4.98 Å². The van der Waals surface area contributed by atoms with Gasteiger partial charge in [-0.1, -0.05) is 6.07 Å². The van der Waals surface area contributed by atoms with Gasteiger partial charge in [-0.2, -0.15) is 9.65 Å². The summed E-state index contributed by atoms with van der Waals surface area (Å²) in [6.45, 7) is 0. The van der Waals surface area contributed by atoms with Crippen molar-refractivity contribution in [3.8, 4) is 6.07 Å². The zero-order chi connectivity index (χ0) is 8.10. The first-order valence-electron chi connectivity index (χ1n) is 3.31. The molecule has 0 bridgehead atoms. The van der Waals surface area contributed by atoms with Gasteiger partial charge in [-0.15, -0.1) is 0 Å². The van der Waals surface area contributed by atoms with Crippen LogP contribution in [0.3, 0.4) is 0 Å². The molecule has 1 rings (SSSR count). The Hall–Kier alpha value is -1.43. The first kappa shape index (κ1) is 7.67. The van der Waals surface area contributed by atoms with Crippen molar-refractivity contribution in [2.45, 2.75) is 12.8 Å². The van der Waals surface area contributed by atoms with Crippen molar-refractivity contribution in [3.05, 3.63) is 29.8 Å². The topological polar surface area (TPSA) is 36.7 Å². The molecule has 0 saturated carbocycles. The predicted molar refractivity (Wildman–Crippen MR) is 38.1 cm³/mol. The molecule has 0 saturated heterocycles. The average Bonchev–Trinajstić information content (AvgIpc) is 2.03. The fourth-order valence-electron chi connectivity index (χ4n) is 0.796. The summed E-state index contributed by atoms with van der Waals surface area (Å²) in [4.78, 5) is 3.46. The lowest BCUT2D eigenvalue weighted by atomic mass is 10.2. The molecule has 2 nitrogen and oxygen atoms in total. The minimum absolute atomic E-state index is 0.336. The fourth-order valence-corrected chi connectivity index (χ4v) is 0.796. The van der Waals surface area contributed by atoms with Crippen LogP contribution in [0.5, 0.6) is 0 Å². The second kappa shape index (κ2) is 3.67. The lowest BCUT2D eigenvalue weighted by Crippen LogP contribution is -1.91. The maximum absolute atomic E-state index is 12.7. The molecule has 1 heterocycles. The van der Waals surface area contributed by atoms with Crippen molar-refractivity contribution in [2.24, 2.45) is 0 Å². The SMILES string of the molecule is N#CCCc1cccnc1F. The summed E-state index contributed by atoms with van der Waals surface area (Å²) in [6, 6.07) is 5.25. The molecule has 0 aliphatic rings. The fraction of sp³-hybridized carbons (Fsp3) is 0.250. The Morgan fingerprint density at radius 3 is 3.09 bits per heavy atom. The standard InChI is InChI=1S/C8H7FN2/c9-8-7(3-1-5-10)4-2-6-11-8/h2,4,6H,1,3H2. The maximum Gasteiger partial charge on any atom is 0.216 e. The van der Waals surface area contributed by atoms with Crippen molar-refractivity contribution >= 4 is 0 Å². The summed E-state index contributed by atoms with van der Waals surface area (Å²) in [6.07, 6.45) is 2.17. The lowest BCUT2D eigenvalue weighted by Gasteiger charge is -1.95. The van der Waals surface area contributed by atoms with E-state index in [-0.39, 0.29) is 0 Å². The lowest BCUT2D eigenvalue weighted by molar-refractivity contribution is 0.566. The molecule has 0 amide bonds. The summed E-state index contributed by atoms with van der Waals surface area (Å²) in [7, 11) is 0. The summed E-state index contributed by atoms with van der Waals surface area (Å²) in [5.74, 6) is -0.470. The van der Waals surface area contributed by atoms with E-state index in [2.05, 4.69) is 4.98 Å². The number of pyridine rings is 1. The highest BCUT2D eigenvalue weighted by molar-refractivity contribution is 5.11. The molecule has 0 radical (unpaired) electrons. The van der Waals surface area contributed by atoms with Crippen LogP contribution in [0, 0.1) is 17.3 Å². The van der Waals surface area contributed by atoms with E-state index >= 15 is 0 Å². The van der Waals surface area contributed by atoms with Crippen molar-refractivity contribution in [1.29, 1.82) is 5.26 Å². The Kier molecular flexibility index (Phi) is 2.56. The van der Waals surface area contributed by atoms with Gasteiger partial charge < -0.3 is 0 Å². The van der Waals surface area contributed by atoms with Crippen LogP contribution >= 0.6 is 0 Å². The van der Waals surface area contributed by atoms with Crippen LogP contribution in [0.1, 0.15) is 12.0 Å². The molecule has 0 N–H and O–H groups in total. The van der Waals surface area contributed by atoms with Gasteiger partial charge in [-0.05, 0) is 12.5 Å². The maximum atomic E-state index is 12.7. The monoisotopic (exact) mass is 150 g/mol. The van der Waals surface area contributed by atoms with Gasteiger partial charge in [-0.3, -0.25) is 0 Å². The largest absolute Gasteiger partial charge is 0.228 e. The van der Waals surface area contributed by atoms with Crippen LogP contribution in [-0.4, -0.2) is 4.98 Å². The van der Waals surface area contributed by atoms with Crippen LogP contribution in [-0.2, 0) is 6.42 Å². The van der Waals surface area contributed by atoms with Crippen molar-refractivity contribution < 1.29 is 4.39 Å². The Morgan fingerprint density at radius 2 is 2.45 bits per heavy atom. The summed E-state index contributed by atoms with van der Waals surface area (Å²) in [5.41, 5.74) is 0.508. The molecule has 0 aliphatic carbocycles. The van der Waals surface area contributed by atoms with Gasteiger partial charge in [0.15, 0.2) is 0 Å². The molecular formula is C8H7FN2. The number of halogens is 1. The number of hydrogen-bond acceptors (Lipinski definition) is 2. The summed E-state index contributed by atoms with van der Waals surface area (Å²) >= 11 is 0. The minimum Gasteiger partial charge on any atom is -0.228 e. The number of nitriles is 1. The second-order valence-electron chi connectivity index (χ2n) is 2.11. The van der Waals surface area contributed by atoms with Crippen LogP contribution < -0.4 is 0 Å². The van der Waals surface area contributed by atoms with Crippen LogP contribution in [0.25, 0.3) is 0 Å². The molecule has 0 unspecified atom stereocenters. The van der Waals surface area contributed by atoms with Crippen molar-refractivity contribution in [1.82, 2.24) is 4.98 Å². The molecule has 1 aromatic heterocycles. The highest BCUT2D eigenvalue weighted by atomic mass is 19.1. The van der Waals surface area contributed by atoms with Crippen LogP contribution in [0.4, 0.5) is 4.39 Å². The molecule has 3 heteroatoms. The molecule has 0 aliphatic heterocycles. The van der Waals surface area contributed by atoms with Crippen molar-refractivity contribution in [3.63, 3.8) is 0 Å². The Balaban J connectivity index is 2.71. The molecule has 0 aromatic carbocycles. The van der Waals surface area contributed by atoms with Gasteiger partial charge in [0.05, 0.1) is 6.07 Å². The summed E-state index contributed by atoms with van der Waals surface area (Å²) in [5, 5.41) is 8.23. The van der Waals surface area contributed by atoms with E-state index in [0.717, 1.165) is 0 Å². The molecule has 1 aromatic rings. The molecule has 56 valence electrons. The summed E-state index contributed by atoms with van der Waals surface area (Å²) < 4.78 is 12.7. The molecular weight excluding hydrogens is 143 g/mol. The van der Waals surface area contributed by atoms with Gasteiger partial charge in [0, 0.05) is 18.2 Å². The van der Waals surface area contributed by atoms with Gasteiger partial charge in [0.25, 0.3) is 0 Å². The number of nitrogens with zero attached hydrogens (tertiary/aromatic N) is 2. The van der Waals surface area contributed by atoms with Crippen molar-refractivity contribution in [2.75, 3.05) is 0 Å². The minimum atomic E-state index is -0.470. The zero-order valence-corrected chi connectivity index (χ0v) is 5.92. The zero-order valence-electron chi connectivity index (χ0n) is 5.92.